The molecule has 27 heavy (non-hydrogen) atoms. The Morgan fingerprint density at radius 2 is 2.00 bits per heavy atom. The third-order valence-corrected chi connectivity index (χ3v) is 6.93. The Morgan fingerprint density at radius 3 is 2.81 bits per heavy atom. The van der Waals surface area contributed by atoms with Gasteiger partial charge in [0.15, 0.2) is 0 Å². The van der Waals surface area contributed by atoms with E-state index in [1.807, 2.05) is 35.7 Å². The second-order valence-corrected chi connectivity index (χ2v) is 9.13. The van der Waals surface area contributed by atoms with Crippen LogP contribution in [-0.2, 0) is 24.3 Å². The van der Waals surface area contributed by atoms with E-state index in [0.29, 0.717) is 18.5 Å². The van der Waals surface area contributed by atoms with Crippen molar-refractivity contribution in [1.29, 1.82) is 0 Å². The minimum Gasteiger partial charge on any atom is -0.332 e. The molecule has 2 atom stereocenters. The molecule has 0 aliphatic carbocycles. The quantitative estimate of drug-likeness (QED) is 0.722. The summed E-state index contributed by atoms with van der Waals surface area (Å²) in [7, 11) is 0. The Labute approximate surface area is 166 Å². The molecule has 0 N–H and O–H groups in total. The van der Waals surface area contributed by atoms with Gasteiger partial charge in [-0.15, -0.1) is 11.3 Å². The molecule has 0 aromatic carbocycles. The molecule has 0 saturated carbocycles. The number of hydrogen-bond donors (Lipinski definition) is 0. The summed E-state index contributed by atoms with van der Waals surface area (Å²) in [6, 6.07) is 10.8. The summed E-state index contributed by atoms with van der Waals surface area (Å²) < 4.78 is 0. The normalized spacial score (nSPS) is 23.0. The monoisotopic (exact) mass is 383 g/mol. The molecular weight excluding hydrogens is 354 g/mol. The fraction of sp³-hybridized carbons (Fsp3) is 0.545. The summed E-state index contributed by atoms with van der Waals surface area (Å²) in [5, 5.41) is 0. The molecule has 0 spiro atoms. The van der Waals surface area contributed by atoms with Gasteiger partial charge in [0.1, 0.15) is 0 Å². The molecule has 3 fully saturated rings. The highest BCUT2D eigenvalue weighted by atomic mass is 32.1. The fourth-order valence-corrected chi connectivity index (χ4v) is 5.45. The maximum absolute atomic E-state index is 13.0. The van der Waals surface area contributed by atoms with Crippen molar-refractivity contribution in [3.05, 3.63) is 52.0 Å². The number of pyridine rings is 1. The van der Waals surface area contributed by atoms with Crippen LogP contribution < -0.4 is 0 Å². The molecule has 2 aromatic heterocycles. The van der Waals surface area contributed by atoms with Crippen LogP contribution in [0.3, 0.4) is 0 Å². The van der Waals surface area contributed by atoms with Crippen LogP contribution in [-0.4, -0.2) is 39.8 Å². The van der Waals surface area contributed by atoms with E-state index in [2.05, 4.69) is 33.8 Å². The Balaban J connectivity index is 1.42. The van der Waals surface area contributed by atoms with Gasteiger partial charge in [-0.25, -0.2) is 0 Å². The average molecular weight is 384 g/mol. The topological polar surface area (TPSA) is 36.4 Å². The standard InChI is InChI=1S/C22H29N3OS/c1-2-3-7-20-10-11-21(27-20)16-24-13-17-8-9-19(15-24)25(22(17)26)14-18-6-4-5-12-23-18/h4-6,10-12,17,19H,2-3,7-9,13-16H2,1H3/t17-,19+/m0/s1. The molecule has 1 amide bonds. The van der Waals surface area contributed by atoms with E-state index in [4.69, 9.17) is 0 Å². The van der Waals surface area contributed by atoms with Crippen LogP contribution in [0.25, 0.3) is 0 Å². The summed E-state index contributed by atoms with van der Waals surface area (Å²) in [6.45, 7) is 5.76. The van der Waals surface area contributed by atoms with Crippen molar-refractivity contribution < 1.29 is 4.79 Å². The molecule has 5 heterocycles. The number of aromatic nitrogens is 1. The van der Waals surface area contributed by atoms with Crippen molar-refractivity contribution in [2.24, 2.45) is 5.92 Å². The fourth-order valence-electron chi connectivity index (χ4n) is 4.35. The largest absolute Gasteiger partial charge is 0.332 e. The highest BCUT2D eigenvalue weighted by Crippen LogP contribution is 2.31. The predicted molar refractivity (Wildman–Crippen MR) is 110 cm³/mol. The van der Waals surface area contributed by atoms with E-state index in [9.17, 15) is 4.79 Å². The zero-order chi connectivity index (χ0) is 18.6. The second kappa shape index (κ2) is 8.53. The molecular formula is C22H29N3OS. The van der Waals surface area contributed by atoms with Crippen molar-refractivity contribution in [2.75, 3.05) is 13.1 Å². The van der Waals surface area contributed by atoms with Crippen LogP contribution >= 0.6 is 11.3 Å². The third-order valence-electron chi connectivity index (χ3n) is 5.80. The second-order valence-electron chi connectivity index (χ2n) is 7.88. The first-order valence-electron chi connectivity index (χ1n) is 10.2. The van der Waals surface area contributed by atoms with E-state index in [0.717, 1.165) is 38.2 Å². The first-order valence-corrected chi connectivity index (χ1v) is 11.0. The van der Waals surface area contributed by atoms with Crippen molar-refractivity contribution >= 4 is 17.2 Å². The van der Waals surface area contributed by atoms with Crippen LogP contribution in [0.2, 0.25) is 0 Å². The minimum absolute atomic E-state index is 0.145. The summed E-state index contributed by atoms with van der Waals surface area (Å²) in [5.41, 5.74) is 0.990. The van der Waals surface area contributed by atoms with Gasteiger partial charge in [0.25, 0.3) is 0 Å². The lowest BCUT2D eigenvalue weighted by Crippen LogP contribution is -2.47. The number of aryl methyl sites for hydroxylation is 1. The summed E-state index contributed by atoms with van der Waals surface area (Å²) in [4.78, 5) is 25.0. The van der Waals surface area contributed by atoms with Gasteiger partial charge in [-0.05, 0) is 49.9 Å². The average Bonchev–Trinajstić information content (AvgIpc) is 2.97. The van der Waals surface area contributed by atoms with Crippen LogP contribution in [0, 0.1) is 5.92 Å². The predicted octanol–water partition coefficient (Wildman–Crippen LogP) is 4.11. The van der Waals surface area contributed by atoms with Gasteiger partial charge in [-0.2, -0.15) is 0 Å². The molecule has 3 saturated heterocycles. The lowest BCUT2D eigenvalue weighted by Gasteiger charge is -2.35. The molecule has 3 aliphatic rings. The Bertz CT molecular complexity index is 760. The number of carbonyl (C=O) groups excluding carboxylic acids is 1. The maximum atomic E-state index is 13.0. The number of piperidine rings is 1. The number of carbonyl (C=O) groups is 1. The molecule has 5 rings (SSSR count). The van der Waals surface area contributed by atoms with E-state index < -0.39 is 0 Å². The molecule has 0 radical (unpaired) electrons. The van der Waals surface area contributed by atoms with Crippen LogP contribution in [0.15, 0.2) is 36.5 Å². The van der Waals surface area contributed by atoms with Gasteiger partial charge in [-0.3, -0.25) is 14.7 Å². The number of fused-ring (bicyclic) bond motifs is 4. The van der Waals surface area contributed by atoms with Gasteiger partial charge in [0, 0.05) is 41.6 Å². The molecule has 5 heteroatoms. The van der Waals surface area contributed by atoms with E-state index in [1.54, 1.807) is 0 Å². The van der Waals surface area contributed by atoms with Gasteiger partial charge < -0.3 is 4.90 Å². The number of amides is 1. The molecule has 144 valence electrons. The van der Waals surface area contributed by atoms with Crippen molar-refractivity contribution in [3.8, 4) is 0 Å². The lowest BCUT2D eigenvalue weighted by molar-refractivity contribution is -0.140. The molecule has 3 aliphatic heterocycles. The first kappa shape index (κ1) is 18.6. The molecule has 2 bridgehead atoms. The highest BCUT2D eigenvalue weighted by molar-refractivity contribution is 7.11. The summed E-state index contributed by atoms with van der Waals surface area (Å²) in [6.07, 6.45) is 7.68. The van der Waals surface area contributed by atoms with Crippen molar-refractivity contribution in [1.82, 2.24) is 14.8 Å². The smallest absolute Gasteiger partial charge is 0.227 e. The van der Waals surface area contributed by atoms with E-state index in [1.165, 1.54) is 29.0 Å². The van der Waals surface area contributed by atoms with E-state index in [-0.39, 0.29) is 5.92 Å². The zero-order valence-corrected chi connectivity index (χ0v) is 17.0. The Morgan fingerprint density at radius 1 is 1.11 bits per heavy atom. The van der Waals surface area contributed by atoms with Crippen LogP contribution in [0.1, 0.15) is 48.1 Å². The molecule has 2 aromatic rings. The van der Waals surface area contributed by atoms with Crippen molar-refractivity contribution in [2.45, 2.75) is 58.2 Å². The minimum atomic E-state index is 0.145. The zero-order valence-electron chi connectivity index (χ0n) is 16.1. The van der Waals surface area contributed by atoms with E-state index >= 15 is 0 Å². The number of hydrogen-bond acceptors (Lipinski definition) is 4. The summed E-state index contributed by atoms with van der Waals surface area (Å²) >= 11 is 1.95. The number of nitrogens with zero attached hydrogens (tertiary/aromatic N) is 3. The maximum Gasteiger partial charge on any atom is 0.227 e. The van der Waals surface area contributed by atoms with Gasteiger partial charge in [-0.1, -0.05) is 19.4 Å². The Hall–Kier alpha value is -1.72. The molecule has 0 unspecified atom stereocenters. The van der Waals surface area contributed by atoms with Gasteiger partial charge >= 0.3 is 0 Å². The third kappa shape index (κ3) is 4.41. The SMILES string of the molecule is CCCCc1ccc(CN2C[C@@H]3CC[C@H](C2)N(Cc2ccccn2)C3=O)s1. The van der Waals surface area contributed by atoms with Crippen LogP contribution in [0.5, 0.6) is 0 Å². The van der Waals surface area contributed by atoms with Crippen molar-refractivity contribution in [3.63, 3.8) is 0 Å². The number of rotatable bonds is 7. The molecule has 4 nitrogen and oxygen atoms in total. The summed E-state index contributed by atoms with van der Waals surface area (Å²) in [5.74, 6) is 0.473. The lowest BCUT2D eigenvalue weighted by atomic mass is 9.94. The first-order chi connectivity index (χ1) is 13.2. The van der Waals surface area contributed by atoms with Gasteiger partial charge in [0.2, 0.25) is 5.91 Å². The van der Waals surface area contributed by atoms with Gasteiger partial charge in [0.05, 0.1) is 18.2 Å². The Kier molecular flexibility index (Phi) is 5.89. The van der Waals surface area contributed by atoms with Crippen LogP contribution in [0.4, 0.5) is 0 Å². The number of thiophene rings is 1. The highest BCUT2D eigenvalue weighted by Gasteiger charge is 2.40. The number of unbranched alkanes of at least 4 members (excludes halogenated alkanes) is 1.